The van der Waals surface area contributed by atoms with Gasteiger partial charge in [0.25, 0.3) is 0 Å². The fourth-order valence-electron chi connectivity index (χ4n) is 2.86. The van der Waals surface area contributed by atoms with Crippen LogP contribution in [-0.2, 0) is 6.54 Å². The minimum atomic E-state index is 0.636. The first-order chi connectivity index (χ1) is 9.33. The molecule has 1 atom stereocenters. The molecule has 1 saturated heterocycles. The Morgan fingerprint density at radius 3 is 3.11 bits per heavy atom. The fourth-order valence-corrected chi connectivity index (χ4v) is 2.86. The summed E-state index contributed by atoms with van der Waals surface area (Å²) in [4.78, 5) is 6.90. The van der Waals surface area contributed by atoms with Gasteiger partial charge in [0.2, 0.25) is 0 Å². The molecule has 0 bridgehead atoms. The molecule has 19 heavy (non-hydrogen) atoms. The van der Waals surface area contributed by atoms with Crippen molar-refractivity contribution in [3.05, 3.63) is 24.0 Å². The van der Waals surface area contributed by atoms with Crippen LogP contribution < -0.4 is 10.2 Å². The Hall–Kier alpha value is -1.09. The van der Waals surface area contributed by atoms with Crippen molar-refractivity contribution in [2.75, 3.05) is 18.0 Å². The SMILES string of the molecule is CCCNCc1ccncc1N1CCCCCC1C. The van der Waals surface area contributed by atoms with E-state index in [1.807, 2.05) is 12.4 Å². The van der Waals surface area contributed by atoms with E-state index in [4.69, 9.17) is 0 Å². The molecule has 1 fully saturated rings. The van der Waals surface area contributed by atoms with Crippen LogP contribution in [0.3, 0.4) is 0 Å². The van der Waals surface area contributed by atoms with Crippen LogP contribution >= 0.6 is 0 Å². The van der Waals surface area contributed by atoms with Gasteiger partial charge in [-0.3, -0.25) is 4.98 Å². The Morgan fingerprint density at radius 1 is 1.37 bits per heavy atom. The van der Waals surface area contributed by atoms with Crippen LogP contribution in [0.4, 0.5) is 5.69 Å². The van der Waals surface area contributed by atoms with Gasteiger partial charge in [-0.25, -0.2) is 0 Å². The molecule has 0 aliphatic carbocycles. The molecule has 2 rings (SSSR count). The van der Waals surface area contributed by atoms with Crippen LogP contribution in [0.2, 0.25) is 0 Å². The molecule has 2 heterocycles. The van der Waals surface area contributed by atoms with E-state index in [2.05, 4.69) is 35.1 Å². The summed E-state index contributed by atoms with van der Waals surface area (Å²) in [7, 11) is 0. The van der Waals surface area contributed by atoms with Crippen LogP contribution in [0.1, 0.15) is 51.5 Å². The molecule has 1 aliphatic heterocycles. The molecule has 0 saturated carbocycles. The number of nitrogens with zero attached hydrogens (tertiary/aromatic N) is 2. The zero-order valence-electron chi connectivity index (χ0n) is 12.4. The van der Waals surface area contributed by atoms with E-state index in [9.17, 15) is 0 Å². The van der Waals surface area contributed by atoms with Crippen LogP contribution in [0.15, 0.2) is 18.5 Å². The van der Waals surface area contributed by atoms with Crippen molar-refractivity contribution in [1.82, 2.24) is 10.3 Å². The van der Waals surface area contributed by atoms with Crippen molar-refractivity contribution in [3.63, 3.8) is 0 Å². The molecule has 0 aromatic carbocycles. The molecule has 3 nitrogen and oxygen atoms in total. The number of nitrogens with one attached hydrogen (secondary N) is 1. The van der Waals surface area contributed by atoms with Gasteiger partial charge in [-0.05, 0) is 44.4 Å². The van der Waals surface area contributed by atoms with Gasteiger partial charge in [0.05, 0.1) is 11.9 Å². The van der Waals surface area contributed by atoms with E-state index < -0.39 is 0 Å². The van der Waals surface area contributed by atoms with E-state index in [0.717, 1.165) is 13.1 Å². The minimum Gasteiger partial charge on any atom is -0.367 e. The molecule has 1 aromatic heterocycles. The van der Waals surface area contributed by atoms with Crippen molar-refractivity contribution in [3.8, 4) is 0 Å². The number of hydrogen-bond acceptors (Lipinski definition) is 3. The predicted octanol–water partition coefficient (Wildman–Crippen LogP) is 3.35. The molecule has 0 amide bonds. The molecular formula is C16H27N3. The first-order valence-electron chi connectivity index (χ1n) is 7.73. The molecule has 3 heteroatoms. The third kappa shape index (κ3) is 3.93. The summed E-state index contributed by atoms with van der Waals surface area (Å²) in [5.74, 6) is 0. The molecule has 106 valence electrons. The standard InChI is InChI=1S/C16H27N3/c1-3-9-17-12-15-8-10-18-13-16(15)19-11-6-4-5-7-14(19)2/h8,10,13-14,17H,3-7,9,11-12H2,1-2H3. The number of pyridine rings is 1. The number of anilines is 1. The third-order valence-corrected chi connectivity index (χ3v) is 3.99. The molecule has 0 spiro atoms. The van der Waals surface area contributed by atoms with Gasteiger partial charge in [0.1, 0.15) is 0 Å². The van der Waals surface area contributed by atoms with Crippen molar-refractivity contribution >= 4 is 5.69 Å². The summed E-state index contributed by atoms with van der Waals surface area (Å²) in [5.41, 5.74) is 2.72. The van der Waals surface area contributed by atoms with Crippen molar-refractivity contribution in [2.24, 2.45) is 0 Å². The Balaban J connectivity index is 2.12. The third-order valence-electron chi connectivity index (χ3n) is 3.99. The Labute approximate surface area is 117 Å². The summed E-state index contributed by atoms with van der Waals surface area (Å²) in [6.07, 6.45) is 10.5. The van der Waals surface area contributed by atoms with Crippen LogP contribution in [0.25, 0.3) is 0 Å². The van der Waals surface area contributed by atoms with Crippen molar-refractivity contribution < 1.29 is 0 Å². The second-order valence-corrected chi connectivity index (χ2v) is 5.57. The van der Waals surface area contributed by atoms with Gasteiger partial charge in [-0.2, -0.15) is 0 Å². The van der Waals surface area contributed by atoms with Gasteiger partial charge in [-0.15, -0.1) is 0 Å². The maximum Gasteiger partial charge on any atom is 0.0600 e. The minimum absolute atomic E-state index is 0.636. The highest BCUT2D eigenvalue weighted by molar-refractivity contribution is 5.52. The molecule has 1 unspecified atom stereocenters. The largest absolute Gasteiger partial charge is 0.367 e. The monoisotopic (exact) mass is 261 g/mol. The first kappa shape index (κ1) is 14.3. The van der Waals surface area contributed by atoms with E-state index in [1.165, 1.54) is 49.9 Å². The maximum atomic E-state index is 4.34. The molecule has 0 radical (unpaired) electrons. The van der Waals surface area contributed by atoms with E-state index >= 15 is 0 Å². The van der Waals surface area contributed by atoms with Crippen LogP contribution in [-0.4, -0.2) is 24.1 Å². The highest BCUT2D eigenvalue weighted by atomic mass is 15.2. The zero-order chi connectivity index (χ0) is 13.5. The lowest BCUT2D eigenvalue weighted by molar-refractivity contribution is 0.609. The van der Waals surface area contributed by atoms with Crippen molar-refractivity contribution in [1.29, 1.82) is 0 Å². The lowest BCUT2D eigenvalue weighted by Crippen LogP contribution is -2.33. The number of rotatable bonds is 5. The van der Waals surface area contributed by atoms with Gasteiger partial charge < -0.3 is 10.2 Å². The second kappa shape index (κ2) is 7.49. The average Bonchev–Trinajstić information content (AvgIpc) is 2.64. The first-order valence-corrected chi connectivity index (χ1v) is 7.73. The van der Waals surface area contributed by atoms with E-state index in [0.29, 0.717) is 6.04 Å². The Bertz CT molecular complexity index is 378. The molecule has 1 N–H and O–H groups in total. The molecule has 1 aliphatic rings. The molecule has 1 aromatic rings. The average molecular weight is 261 g/mol. The fraction of sp³-hybridized carbons (Fsp3) is 0.688. The highest BCUT2D eigenvalue weighted by Crippen LogP contribution is 2.26. The summed E-state index contributed by atoms with van der Waals surface area (Å²) >= 11 is 0. The summed E-state index contributed by atoms with van der Waals surface area (Å²) < 4.78 is 0. The van der Waals surface area contributed by atoms with Gasteiger partial charge >= 0.3 is 0 Å². The summed E-state index contributed by atoms with van der Waals surface area (Å²) in [5, 5.41) is 3.51. The summed E-state index contributed by atoms with van der Waals surface area (Å²) in [6, 6.07) is 2.80. The normalized spacial score (nSPS) is 20.3. The quantitative estimate of drug-likeness (QED) is 0.824. The topological polar surface area (TPSA) is 28.2 Å². The van der Waals surface area contributed by atoms with Crippen molar-refractivity contribution in [2.45, 2.75) is 58.5 Å². The number of aromatic nitrogens is 1. The lowest BCUT2D eigenvalue weighted by Gasteiger charge is -2.31. The second-order valence-electron chi connectivity index (χ2n) is 5.57. The highest BCUT2D eigenvalue weighted by Gasteiger charge is 2.19. The van der Waals surface area contributed by atoms with E-state index in [-0.39, 0.29) is 0 Å². The van der Waals surface area contributed by atoms with Gasteiger partial charge in [0.15, 0.2) is 0 Å². The Morgan fingerprint density at radius 2 is 2.26 bits per heavy atom. The Kier molecular flexibility index (Phi) is 5.64. The summed E-state index contributed by atoms with van der Waals surface area (Å²) in [6.45, 7) is 7.76. The van der Waals surface area contributed by atoms with Gasteiger partial charge in [-0.1, -0.05) is 19.8 Å². The zero-order valence-corrected chi connectivity index (χ0v) is 12.4. The van der Waals surface area contributed by atoms with Crippen LogP contribution in [0, 0.1) is 0 Å². The maximum absolute atomic E-state index is 4.34. The number of hydrogen-bond donors (Lipinski definition) is 1. The smallest absolute Gasteiger partial charge is 0.0600 e. The van der Waals surface area contributed by atoms with Gasteiger partial charge in [0, 0.05) is 25.3 Å². The predicted molar refractivity (Wildman–Crippen MR) is 81.5 cm³/mol. The molecular weight excluding hydrogens is 234 g/mol. The van der Waals surface area contributed by atoms with Crippen LogP contribution in [0.5, 0.6) is 0 Å². The lowest BCUT2D eigenvalue weighted by atomic mass is 10.1. The van der Waals surface area contributed by atoms with E-state index in [1.54, 1.807) is 0 Å².